The van der Waals surface area contributed by atoms with Crippen LogP contribution in [0, 0.1) is 28.6 Å². The van der Waals surface area contributed by atoms with Crippen LogP contribution in [0.5, 0.6) is 0 Å². The quantitative estimate of drug-likeness (QED) is 0.238. The van der Waals surface area contributed by atoms with E-state index in [1.54, 1.807) is 11.5 Å². The highest BCUT2D eigenvalue weighted by atomic mass is 19.3. The first kappa shape index (κ1) is 27.6. The number of nitrogens with zero attached hydrogens (tertiary/aromatic N) is 2. The number of piperidine rings is 1. The molecule has 2 aliphatic heterocycles. The maximum atomic E-state index is 13.2. The van der Waals surface area contributed by atoms with Crippen LogP contribution in [-0.2, 0) is 4.79 Å². The van der Waals surface area contributed by atoms with Crippen LogP contribution < -0.4 is 5.32 Å². The van der Waals surface area contributed by atoms with Gasteiger partial charge in [-0.15, -0.1) is 0 Å². The number of rotatable bonds is 9. The van der Waals surface area contributed by atoms with Crippen LogP contribution in [0.15, 0.2) is 30.3 Å². The Balaban J connectivity index is 1.37. The first-order chi connectivity index (χ1) is 17.5. The number of carbonyl (C=O) groups is 1. The van der Waals surface area contributed by atoms with Gasteiger partial charge in [-0.25, -0.2) is 13.4 Å². The van der Waals surface area contributed by atoms with E-state index in [1.807, 2.05) is 32.0 Å². The molecule has 0 radical (unpaired) electrons. The SMILES string of the molecule is CC(=N)[N+](=CC1CC2CCC(C1)N2CCC(CNC(=O)C1CC(F)(F)C1)c1ccccc1)C(=N)C(C)C. The van der Waals surface area contributed by atoms with E-state index in [0.29, 0.717) is 36.2 Å². The second kappa shape index (κ2) is 11.5. The molecule has 202 valence electrons. The number of nitrogens with one attached hydrogen (secondary N) is 3. The minimum absolute atomic E-state index is 0.0737. The Kier molecular flexibility index (Phi) is 8.56. The number of halogens is 2. The highest BCUT2D eigenvalue weighted by molar-refractivity contribution is 5.89. The topological polar surface area (TPSA) is 83.1 Å². The third-order valence-electron chi connectivity index (χ3n) is 8.44. The van der Waals surface area contributed by atoms with Gasteiger partial charge < -0.3 is 5.32 Å². The van der Waals surface area contributed by atoms with Crippen molar-refractivity contribution in [1.29, 1.82) is 10.8 Å². The second-order valence-electron chi connectivity index (χ2n) is 11.6. The van der Waals surface area contributed by atoms with Crippen LogP contribution in [0.1, 0.15) is 77.2 Å². The number of carbonyl (C=O) groups excluding carboxylic acids is 1. The third-order valence-corrected chi connectivity index (χ3v) is 8.44. The van der Waals surface area contributed by atoms with Gasteiger partial charge in [-0.3, -0.25) is 9.69 Å². The zero-order valence-corrected chi connectivity index (χ0v) is 22.4. The Morgan fingerprint density at radius 3 is 2.32 bits per heavy atom. The number of alkyl halides is 2. The summed E-state index contributed by atoms with van der Waals surface area (Å²) in [6.45, 7) is 7.14. The summed E-state index contributed by atoms with van der Waals surface area (Å²) in [5, 5.41) is 19.5. The molecule has 1 aromatic rings. The molecule has 2 heterocycles. The number of amidine groups is 2. The molecule has 6 nitrogen and oxygen atoms in total. The zero-order chi connectivity index (χ0) is 26.7. The fourth-order valence-corrected chi connectivity index (χ4v) is 6.30. The lowest BCUT2D eigenvalue weighted by Crippen LogP contribution is -2.46. The Bertz CT molecular complexity index is 1000. The van der Waals surface area contributed by atoms with E-state index in [0.717, 1.165) is 25.8 Å². The highest BCUT2D eigenvalue weighted by Gasteiger charge is 2.48. The first-order valence-electron chi connectivity index (χ1n) is 13.8. The number of fused-ring (bicyclic) bond motifs is 2. The molecule has 3 N–H and O–H groups in total. The Hall–Kier alpha value is -2.48. The zero-order valence-electron chi connectivity index (χ0n) is 22.4. The minimum Gasteiger partial charge on any atom is -0.355 e. The van der Waals surface area contributed by atoms with E-state index in [4.69, 9.17) is 10.8 Å². The van der Waals surface area contributed by atoms with Crippen molar-refractivity contribution in [2.24, 2.45) is 17.8 Å². The van der Waals surface area contributed by atoms with Crippen LogP contribution in [0.3, 0.4) is 0 Å². The van der Waals surface area contributed by atoms with Gasteiger partial charge in [0.1, 0.15) is 0 Å². The number of hydrogen-bond acceptors (Lipinski definition) is 4. The summed E-state index contributed by atoms with van der Waals surface area (Å²) in [5.74, 6) is -2.07. The Morgan fingerprint density at radius 2 is 1.78 bits per heavy atom. The summed E-state index contributed by atoms with van der Waals surface area (Å²) in [6, 6.07) is 11.1. The largest absolute Gasteiger partial charge is 0.355 e. The molecule has 1 amide bonds. The van der Waals surface area contributed by atoms with Gasteiger partial charge in [0, 0.05) is 62.1 Å². The molecule has 3 unspecified atom stereocenters. The molecule has 1 aromatic carbocycles. The number of hydrogen-bond donors (Lipinski definition) is 3. The summed E-state index contributed by atoms with van der Waals surface area (Å²) in [6.07, 6.45) is 6.75. The van der Waals surface area contributed by atoms with E-state index in [-0.39, 0.29) is 30.6 Å². The summed E-state index contributed by atoms with van der Waals surface area (Å²) >= 11 is 0. The summed E-state index contributed by atoms with van der Waals surface area (Å²) in [4.78, 5) is 15.1. The normalized spacial score (nSPS) is 26.5. The highest BCUT2D eigenvalue weighted by Crippen LogP contribution is 2.42. The smallest absolute Gasteiger partial charge is 0.249 e. The van der Waals surface area contributed by atoms with Gasteiger partial charge in [0.2, 0.25) is 23.5 Å². The van der Waals surface area contributed by atoms with Crippen molar-refractivity contribution in [2.75, 3.05) is 13.1 Å². The molecule has 4 rings (SSSR count). The standard InChI is InChI=1S/C29H41F2N5O/c1-19(2)27(33)36(20(3)32)18-21-13-25-9-10-26(14-21)35(25)12-11-23(22-7-5-4-6-8-22)17-34-28(37)24-15-29(30,31)16-24/h4-8,18-19,21,23-26,32-33H,9-17H2,1-3H3/p+1. The van der Waals surface area contributed by atoms with Gasteiger partial charge >= 0.3 is 0 Å². The summed E-state index contributed by atoms with van der Waals surface area (Å²) < 4.78 is 28.2. The molecular formula is C29H42F2N5O+. The van der Waals surface area contributed by atoms with Gasteiger partial charge in [-0.1, -0.05) is 44.2 Å². The molecule has 8 heteroatoms. The summed E-state index contributed by atoms with van der Waals surface area (Å²) in [7, 11) is 0. The van der Waals surface area contributed by atoms with E-state index >= 15 is 0 Å². The van der Waals surface area contributed by atoms with Crippen molar-refractivity contribution in [3.8, 4) is 0 Å². The minimum atomic E-state index is -2.69. The molecule has 2 bridgehead atoms. The van der Waals surface area contributed by atoms with Crippen LogP contribution in [0.25, 0.3) is 0 Å². The maximum Gasteiger partial charge on any atom is 0.249 e. The third kappa shape index (κ3) is 6.70. The second-order valence-corrected chi connectivity index (χ2v) is 11.6. The maximum absolute atomic E-state index is 13.2. The predicted molar refractivity (Wildman–Crippen MR) is 143 cm³/mol. The van der Waals surface area contributed by atoms with Crippen molar-refractivity contribution in [1.82, 2.24) is 10.2 Å². The van der Waals surface area contributed by atoms with Crippen molar-refractivity contribution in [2.45, 2.75) is 89.6 Å². The molecule has 3 aliphatic rings. The van der Waals surface area contributed by atoms with E-state index in [9.17, 15) is 13.6 Å². The van der Waals surface area contributed by atoms with Gasteiger partial charge in [0.05, 0.1) is 6.21 Å². The summed E-state index contributed by atoms with van der Waals surface area (Å²) in [5.41, 5.74) is 1.17. The Labute approximate surface area is 219 Å². The van der Waals surface area contributed by atoms with E-state index in [1.165, 1.54) is 18.4 Å². The van der Waals surface area contributed by atoms with E-state index < -0.39 is 11.8 Å². The molecule has 2 saturated heterocycles. The van der Waals surface area contributed by atoms with Gasteiger partial charge in [0.25, 0.3) is 0 Å². The van der Waals surface area contributed by atoms with Gasteiger partial charge in [0.15, 0.2) is 0 Å². The molecule has 3 fully saturated rings. The average Bonchev–Trinajstić information content (AvgIpc) is 3.08. The van der Waals surface area contributed by atoms with Crippen molar-refractivity contribution in [3.05, 3.63) is 35.9 Å². The van der Waals surface area contributed by atoms with Crippen molar-refractivity contribution < 1.29 is 18.2 Å². The van der Waals surface area contributed by atoms with Crippen molar-refractivity contribution in [3.63, 3.8) is 0 Å². The lowest BCUT2D eigenvalue weighted by atomic mass is 9.80. The van der Waals surface area contributed by atoms with Crippen LogP contribution in [0.2, 0.25) is 0 Å². The lowest BCUT2D eigenvalue weighted by Gasteiger charge is -2.38. The average molecular weight is 515 g/mol. The van der Waals surface area contributed by atoms with E-state index in [2.05, 4.69) is 28.6 Å². The molecule has 1 aliphatic carbocycles. The molecule has 37 heavy (non-hydrogen) atoms. The molecule has 3 atom stereocenters. The first-order valence-corrected chi connectivity index (χ1v) is 13.8. The van der Waals surface area contributed by atoms with Gasteiger partial charge in [-0.05, 0) is 44.2 Å². The fourth-order valence-electron chi connectivity index (χ4n) is 6.30. The monoisotopic (exact) mass is 514 g/mol. The van der Waals surface area contributed by atoms with Crippen LogP contribution >= 0.6 is 0 Å². The molecule has 0 spiro atoms. The number of amides is 1. The van der Waals surface area contributed by atoms with Crippen molar-refractivity contribution >= 4 is 23.8 Å². The van der Waals surface area contributed by atoms with Crippen LogP contribution in [-0.4, -0.2) is 64.4 Å². The lowest BCUT2D eigenvalue weighted by molar-refractivity contribution is -0.279. The number of benzene rings is 1. The Morgan fingerprint density at radius 1 is 1.16 bits per heavy atom. The molecule has 0 aromatic heterocycles. The molecular weight excluding hydrogens is 472 g/mol. The fraction of sp³-hybridized carbons (Fsp3) is 0.655. The van der Waals surface area contributed by atoms with Gasteiger partial charge in [-0.2, -0.15) is 10.8 Å². The predicted octanol–water partition coefficient (Wildman–Crippen LogP) is 5.28. The molecule has 1 saturated carbocycles. The van der Waals surface area contributed by atoms with Crippen LogP contribution in [0.4, 0.5) is 8.78 Å².